The van der Waals surface area contributed by atoms with E-state index in [1.165, 1.54) is 6.07 Å². The molecule has 12 heteroatoms. The second-order valence-corrected chi connectivity index (χ2v) is 9.43. The number of carbonyl (C=O) groups is 3. The maximum Gasteiger partial charge on any atom is 0.336 e. The number of rotatable bonds is 13. The Morgan fingerprint density at radius 1 is 0.902 bits per heavy atom. The molecule has 11 nitrogen and oxygen atoms in total. The molecule has 0 bridgehead atoms. The summed E-state index contributed by atoms with van der Waals surface area (Å²) in [5.41, 5.74) is -0.0367. The lowest BCUT2D eigenvalue weighted by Gasteiger charge is -2.22. The number of nitrogens with zero attached hydrogens (tertiary/aromatic N) is 4. The van der Waals surface area contributed by atoms with Crippen molar-refractivity contribution in [1.82, 2.24) is 19.4 Å². The fraction of sp³-hybridized carbons (Fsp3) is 0.276. The van der Waals surface area contributed by atoms with E-state index in [9.17, 15) is 18.8 Å². The minimum absolute atomic E-state index is 0.159. The molecule has 0 aliphatic rings. The minimum atomic E-state index is -2.74. The molecule has 41 heavy (non-hydrogen) atoms. The van der Waals surface area contributed by atoms with E-state index in [2.05, 4.69) is 32.7 Å². The van der Waals surface area contributed by atoms with Gasteiger partial charge in [0.2, 0.25) is 0 Å². The molecule has 4 N–H and O–H groups in total. The molecular formula is C29H31FN4O7. The van der Waals surface area contributed by atoms with Gasteiger partial charge < -0.3 is 25.0 Å². The Kier molecular flexibility index (Phi) is 11.0. The van der Waals surface area contributed by atoms with Crippen LogP contribution in [0.15, 0.2) is 79.4 Å². The maximum absolute atomic E-state index is 14.2. The molecular weight excluding hydrogens is 535 g/mol. The Labute approximate surface area is 235 Å². The van der Waals surface area contributed by atoms with Crippen LogP contribution in [0.4, 0.5) is 4.39 Å². The van der Waals surface area contributed by atoms with E-state index in [1.807, 2.05) is 42.9 Å². The molecule has 216 valence electrons. The third kappa shape index (κ3) is 9.78. The van der Waals surface area contributed by atoms with E-state index >= 15 is 0 Å². The average molecular weight is 567 g/mol. The Bertz CT molecular complexity index is 1450. The number of hydrogen-bond acceptors (Lipinski definition) is 7. The lowest BCUT2D eigenvalue weighted by Crippen LogP contribution is -2.42. The molecule has 4 aromatic rings. The van der Waals surface area contributed by atoms with Crippen LogP contribution in [0.2, 0.25) is 0 Å². The summed E-state index contributed by atoms with van der Waals surface area (Å²) < 4.78 is 16.3. The fourth-order valence-electron chi connectivity index (χ4n) is 4.12. The van der Waals surface area contributed by atoms with Crippen molar-refractivity contribution in [2.75, 3.05) is 6.54 Å². The summed E-state index contributed by atoms with van der Waals surface area (Å²) in [6, 6.07) is 19.3. The Morgan fingerprint density at radius 2 is 1.59 bits per heavy atom. The maximum atomic E-state index is 14.2. The topological polar surface area (TPSA) is 166 Å². The number of aryl methyl sites for hydroxylation is 1. The third-order valence-electron chi connectivity index (χ3n) is 6.13. The van der Waals surface area contributed by atoms with E-state index in [0.29, 0.717) is 18.7 Å². The van der Waals surface area contributed by atoms with E-state index in [0.717, 1.165) is 36.1 Å². The molecule has 0 amide bonds. The van der Waals surface area contributed by atoms with E-state index in [-0.39, 0.29) is 5.82 Å². The summed E-state index contributed by atoms with van der Waals surface area (Å²) in [7, 11) is 0. The molecule has 0 radical (unpaired) electrons. The van der Waals surface area contributed by atoms with Crippen molar-refractivity contribution in [1.29, 1.82) is 0 Å². The first-order chi connectivity index (χ1) is 19.6. The Balaban J connectivity index is 0.000000302. The van der Waals surface area contributed by atoms with Crippen LogP contribution in [-0.4, -0.2) is 69.9 Å². The number of imidazole rings is 1. The van der Waals surface area contributed by atoms with Crippen molar-refractivity contribution in [3.05, 3.63) is 96.5 Å². The molecule has 2 heterocycles. The monoisotopic (exact) mass is 566 g/mol. The number of pyridine rings is 1. The molecule has 2 aromatic heterocycles. The van der Waals surface area contributed by atoms with E-state index < -0.39 is 36.4 Å². The van der Waals surface area contributed by atoms with Crippen molar-refractivity contribution >= 4 is 28.8 Å². The largest absolute Gasteiger partial charge is 0.481 e. The first-order valence-electron chi connectivity index (χ1n) is 12.7. The fourth-order valence-corrected chi connectivity index (χ4v) is 4.12. The van der Waals surface area contributed by atoms with Gasteiger partial charge in [0.05, 0.1) is 30.4 Å². The zero-order valence-electron chi connectivity index (χ0n) is 22.1. The predicted octanol–water partition coefficient (Wildman–Crippen LogP) is 3.41. The molecule has 0 unspecified atom stereocenters. The molecule has 0 saturated heterocycles. The minimum Gasteiger partial charge on any atom is -0.481 e. The Morgan fingerprint density at radius 3 is 2.22 bits per heavy atom. The summed E-state index contributed by atoms with van der Waals surface area (Å²) in [4.78, 5) is 41.6. The molecule has 4 rings (SSSR count). The van der Waals surface area contributed by atoms with Crippen LogP contribution in [0.25, 0.3) is 10.9 Å². The van der Waals surface area contributed by atoms with Gasteiger partial charge in [0.25, 0.3) is 0 Å². The highest BCUT2D eigenvalue weighted by atomic mass is 19.1. The van der Waals surface area contributed by atoms with Gasteiger partial charge in [-0.2, -0.15) is 0 Å². The smallest absolute Gasteiger partial charge is 0.336 e. The van der Waals surface area contributed by atoms with Crippen LogP contribution >= 0.6 is 0 Å². The summed E-state index contributed by atoms with van der Waals surface area (Å²) in [6.45, 7) is 2.98. The molecule has 0 aliphatic carbocycles. The molecule has 0 spiro atoms. The number of aliphatic hydroxyl groups is 1. The quantitative estimate of drug-likeness (QED) is 0.188. The number of fused-ring (bicyclic) bond motifs is 1. The van der Waals surface area contributed by atoms with Gasteiger partial charge in [-0.25, -0.2) is 14.2 Å². The zero-order valence-corrected chi connectivity index (χ0v) is 22.1. The van der Waals surface area contributed by atoms with Crippen LogP contribution in [0.1, 0.15) is 30.5 Å². The number of aromatic nitrogens is 3. The zero-order chi connectivity index (χ0) is 29.8. The van der Waals surface area contributed by atoms with E-state index in [1.54, 1.807) is 12.3 Å². The van der Waals surface area contributed by atoms with Gasteiger partial charge in [-0.3, -0.25) is 19.5 Å². The molecule has 2 aromatic carbocycles. The first-order valence-corrected chi connectivity index (χ1v) is 12.7. The summed E-state index contributed by atoms with van der Waals surface area (Å²) >= 11 is 0. The number of carboxylic acid groups (broad SMARTS) is 3. The van der Waals surface area contributed by atoms with Crippen molar-refractivity contribution in [2.45, 2.75) is 44.5 Å². The van der Waals surface area contributed by atoms with E-state index in [4.69, 9.17) is 25.4 Å². The van der Waals surface area contributed by atoms with Crippen molar-refractivity contribution in [3.8, 4) is 0 Å². The summed E-state index contributed by atoms with van der Waals surface area (Å²) in [5, 5.41) is 34.9. The third-order valence-corrected chi connectivity index (χ3v) is 6.13. The van der Waals surface area contributed by atoms with Crippen LogP contribution in [0.5, 0.6) is 0 Å². The second kappa shape index (κ2) is 14.6. The highest BCUT2D eigenvalue weighted by molar-refractivity contribution is 5.88. The highest BCUT2D eigenvalue weighted by Crippen LogP contribution is 2.17. The van der Waals surface area contributed by atoms with Gasteiger partial charge in [0, 0.05) is 49.5 Å². The van der Waals surface area contributed by atoms with Crippen LogP contribution in [-0.2, 0) is 34.0 Å². The van der Waals surface area contributed by atoms with Crippen molar-refractivity contribution in [3.63, 3.8) is 0 Å². The number of benzene rings is 2. The van der Waals surface area contributed by atoms with Gasteiger partial charge in [-0.1, -0.05) is 42.5 Å². The van der Waals surface area contributed by atoms with Gasteiger partial charge >= 0.3 is 17.9 Å². The molecule has 0 atom stereocenters. The van der Waals surface area contributed by atoms with Crippen LogP contribution in [0, 0.1) is 5.82 Å². The second-order valence-electron chi connectivity index (χ2n) is 9.43. The van der Waals surface area contributed by atoms with Crippen LogP contribution in [0.3, 0.4) is 0 Å². The Hall–Kier alpha value is -4.68. The van der Waals surface area contributed by atoms with Crippen molar-refractivity contribution < 1.29 is 39.2 Å². The lowest BCUT2D eigenvalue weighted by atomic mass is 9.96. The van der Waals surface area contributed by atoms with Crippen molar-refractivity contribution in [2.24, 2.45) is 0 Å². The molecule has 0 saturated carbocycles. The number of carboxylic acids is 3. The summed E-state index contributed by atoms with van der Waals surface area (Å²) in [6.07, 6.45) is 4.25. The normalized spacial score (nSPS) is 11.2. The molecule has 0 fully saturated rings. The lowest BCUT2D eigenvalue weighted by molar-refractivity contribution is -0.170. The highest BCUT2D eigenvalue weighted by Gasteiger charge is 2.40. The number of halogens is 1. The first kappa shape index (κ1) is 30.9. The average Bonchev–Trinajstić information content (AvgIpc) is 3.43. The van der Waals surface area contributed by atoms with Gasteiger partial charge in [-0.05, 0) is 24.6 Å². The van der Waals surface area contributed by atoms with Gasteiger partial charge in [0.1, 0.15) is 5.82 Å². The molecule has 0 aliphatic heterocycles. The van der Waals surface area contributed by atoms with Crippen LogP contribution < -0.4 is 0 Å². The van der Waals surface area contributed by atoms with Gasteiger partial charge in [-0.15, -0.1) is 0 Å². The number of aliphatic carboxylic acids is 3. The predicted molar refractivity (Wildman–Crippen MR) is 146 cm³/mol. The number of para-hydroxylation sites is 1. The SMILES string of the molecule is Fc1ccccc1CN(CCCn1ccnc1)Cc1ccc2ccccc2n1.O=C(O)CC(O)(CC(=O)O)C(=O)O. The number of hydrogen-bond donors (Lipinski definition) is 4. The standard InChI is InChI=1S/C23H23FN4.C6H8O7/c24-22-8-3-1-7-20(22)16-28(14-5-13-27-15-12-25-18-27)17-21-11-10-19-6-2-4-9-23(19)26-21;7-3(8)1-6(13,5(11)12)2-4(9)10/h1-4,6-12,15,18H,5,13-14,16-17H2;13H,1-2H2,(H,7,8)(H,9,10)(H,11,12). The summed E-state index contributed by atoms with van der Waals surface area (Å²) in [5.74, 6) is -5.18. The van der Waals surface area contributed by atoms with Gasteiger partial charge in [0.15, 0.2) is 5.60 Å².